The Balaban J connectivity index is 1.72. The van der Waals surface area contributed by atoms with Crippen LogP contribution in [-0.4, -0.2) is 32.1 Å². The molecule has 0 radical (unpaired) electrons. The summed E-state index contributed by atoms with van der Waals surface area (Å²) in [5.41, 5.74) is 0.743. The van der Waals surface area contributed by atoms with Gasteiger partial charge >= 0.3 is 5.97 Å². The molecule has 2 aromatic rings. The fourth-order valence-corrected chi connectivity index (χ4v) is 3.18. The third kappa shape index (κ3) is 4.60. The van der Waals surface area contributed by atoms with Crippen LogP contribution in [0.1, 0.15) is 50.9 Å². The Morgan fingerprint density at radius 3 is 2.58 bits per heavy atom. The average molecular weight is 345 g/mol. The van der Waals surface area contributed by atoms with E-state index in [0.29, 0.717) is 5.92 Å². The Morgan fingerprint density at radius 1 is 1.25 bits per heavy atom. The van der Waals surface area contributed by atoms with Gasteiger partial charge in [-0.15, -0.1) is 10.2 Å². The van der Waals surface area contributed by atoms with Gasteiger partial charge < -0.3 is 9.30 Å². The zero-order valence-corrected chi connectivity index (χ0v) is 15.2. The molecular weight excluding hydrogens is 322 g/mol. The molecule has 24 heavy (non-hydrogen) atoms. The predicted molar refractivity (Wildman–Crippen MR) is 94.1 cm³/mol. The van der Waals surface area contributed by atoms with Crippen LogP contribution in [-0.2, 0) is 16.1 Å². The van der Waals surface area contributed by atoms with Crippen LogP contribution in [0.4, 0.5) is 0 Å². The van der Waals surface area contributed by atoms with Crippen molar-refractivity contribution in [3.8, 4) is 0 Å². The molecule has 0 saturated heterocycles. The minimum Gasteiger partial charge on any atom is -0.459 e. The van der Waals surface area contributed by atoms with Gasteiger partial charge in [0.1, 0.15) is 11.4 Å². The normalized spacial score (nSPS) is 14.6. The van der Waals surface area contributed by atoms with E-state index in [9.17, 15) is 4.79 Å². The summed E-state index contributed by atoms with van der Waals surface area (Å²) in [6, 6.07) is 10.3. The first-order valence-corrected chi connectivity index (χ1v) is 9.22. The van der Waals surface area contributed by atoms with Gasteiger partial charge in [0.05, 0.1) is 12.3 Å². The molecule has 0 aliphatic heterocycles. The molecule has 1 aliphatic carbocycles. The Kier molecular flexibility index (Phi) is 4.94. The first-order valence-electron chi connectivity index (χ1n) is 8.24. The van der Waals surface area contributed by atoms with Crippen molar-refractivity contribution in [2.45, 2.75) is 56.8 Å². The Hall–Kier alpha value is -1.82. The van der Waals surface area contributed by atoms with E-state index in [4.69, 9.17) is 4.74 Å². The number of hydrogen-bond donors (Lipinski definition) is 0. The van der Waals surface area contributed by atoms with E-state index in [1.54, 1.807) is 0 Å². The van der Waals surface area contributed by atoms with Crippen molar-refractivity contribution >= 4 is 17.7 Å². The first kappa shape index (κ1) is 17.0. The first-order chi connectivity index (χ1) is 11.4. The van der Waals surface area contributed by atoms with Crippen molar-refractivity contribution in [3.05, 3.63) is 41.7 Å². The largest absolute Gasteiger partial charge is 0.459 e. The van der Waals surface area contributed by atoms with Gasteiger partial charge in [0.15, 0.2) is 5.16 Å². The van der Waals surface area contributed by atoms with Crippen molar-refractivity contribution in [1.29, 1.82) is 0 Å². The lowest BCUT2D eigenvalue weighted by molar-refractivity contribution is -0.151. The molecule has 1 heterocycles. The number of aromatic nitrogens is 3. The molecule has 3 rings (SSSR count). The molecule has 1 aromatic carbocycles. The zero-order valence-electron chi connectivity index (χ0n) is 14.4. The summed E-state index contributed by atoms with van der Waals surface area (Å²) in [6.07, 6.45) is 2.34. The fourth-order valence-electron chi connectivity index (χ4n) is 2.46. The second kappa shape index (κ2) is 6.97. The summed E-state index contributed by atoms with van der Waals surface area (Å²) in [5, 5.41) is 9.46. The van der Waals surface area contributed by atoms with E-state index in [1.165, 1.54) is 30.2 Å². The number of nitrogens with zero attached hydrogens (tertiary/aromatic N) is 3. The maximum absolute atomic E-state index is 12.0. The highest BCUT2D eigenvalue weighted by Gasteiger charge is 2.30. The van der Waals surface area contributed by atoms with E-state index < -0.39 is 5.60 Å². The van der Waals surface area contributed by atoms with Gasteiger partial charge in [-0.05, 0) is 39.2 Å². The molecule has 1 saturated carbocycles. The Labute approximate surface area is 146 Å². The van der Waals surface area contributed by atoms with Crippen molar-refractivity contribution in [2.75, 3.05) is 5.75 Å². The average Bonchev–Trinajstić information content (AvgIpc) is 3.27. The number of benzene rings is 1. The molecule has 1 fully saturated rings. The van der Waals surface area contributed by atoms with Gasteiger partial charge in [-0.3, -0.25) is 4.79 Å². The lowest BCUT2D eigenvalue weighted by atomic mass is 10.2. The molecule has 1 aliphatic rings. The van der Waals surface area contributed by atoms with E-state index in [2.05, 4.69) is 26.9 Å². The highest BCUT2D eigenvalue weighted by Crippen LogP contribution is 2.40. The van der Waals surface area contributed by atoms with E-state index >= 15 is 0 Å². The quantitative estimate of drug-likeness (QED) is 0.591. The minimum atomic E-state index is -0.464. The maximum Gasteiger partial charge on any atom is 0.316 e. The van der Waals surface area contributed by atoms with Crippen molar-refractivity contribution in [2.24, 2.45) is 0 Å². The Morgan fingerprint density at radius 2 is 1.96 bits per heavy atom. The highest BCUT2D eigenvalue weighted by atomic mass is 32.2. The smallest absolute Gasteiger partial charge is 0.316 e. The molecule has 0 N–H and O–H groups in total. The van der Waals surface area contributed by atoms with Gasteiger partial charge in [-0.1, -0.05) is 42.1 Å². The van der Waals surface area contributed by atoms with Crippen molar-refractivity contribution < 1.29 is 9.53 Å². The summed E-state index contributed by atoms with van der Waals surface area (Å²) >= 11 is 1.40. The van der Waals surface area contributed by atoms with Crippen LogP contribution < -0.4 is 0 Å². The van der Waals surface area contributed by atoms with Gasteiger partial charge in [0.2, 0.25) is 0 Å². The summed E-state index contributed by atoms with van der Waals surface area (Å²) < 4.78 is 7.51. The highest BCUT2D eigenvalue weighted by molar-refractivity contribution is 7.99. The van der Waals surface area contributed by atoms with Crippen LogP contribution in [0.25, 0.3) is 0 Å². The van der Waals surface area contributed by atoms with Gasteiger partial charge in [-0.25, -0.2) is 0 Å². The Bertz CT molecular complexity index is 703. The topological polar surface area (TPSA) is 57.0 Å². The predicted octanol–water partition coefficient (Wildman–Crippen LogP) is 3.64. The molecule has 1 aromatic heterocycles. The number of thioether (sulfide) groups is 1. The lowest BCUT2D eigenvalue weighted by Crippen LogP contribution is -2.25. The third-order valence-electron chi connectivity index (χ3n) is 3.61. The molecule has 128 valence electrons. The minimum absolute atomic E-state index is 0.227. The lowest BCUT2D eigenvalue weighted by Gasteiger charge is -2.19. The molecule has 0 bridgehead atoms. The number of ether oxygens (including phenoxy) is 1. The van der Waals surface area contributed by atoms with E-state index in [-0.39, 0.29) is 11.7 Å². The molecule has 0 spiro atoms. The second-order valence-electron chi connectivity index (χ2n) is 7.06. The summed E-state index contributed by atoms with van der Waals surface area (Å²) in [4.78, 5) is 12.0. The number of carbonyl (C=O) groups excluding carboxylic acids is 1. The molecule has 5 nitrogen and oxygen atoms in total. The summed E-state index contributed by atoms with van der Waals surface area (Å²) in [6.45, 7) is 6.35. The van der Waals surface area contributed by atoms with E-state index in [0.717, 1.165) is 17.5 Å². The summed E-state index contributed by atoms with van der Waals surface area (Å²) in [5.74, 6) is 1.56. The molecule has 0 unspecified atom stereocenters. The summed E-state index contributed by atoms with van der Waals surface area (Å²) in [7, 11) is 0. The fraction of sp³-hybridized carbons (Fsp3) is 0.500. The van der Waals surface area contributed by atoms with Gasteiger partial charge in [0, 0.05) is 5.92 Å². The standard InChI is InChI=1S/C18H23N3O2S/c1-18(2,3)23-15(22)12-24-17-20-19-16(14-9-10-14)21(17)11-13-7-5-4-6-8-13/h4-8,14H,9-12H2,1-3H3. The van der Waals surface area contributed by atoms with Crippen LogP contribution in [0.15, 0.2) is 35.5 Å². The van der Waals surface area contributed by atoms with Crippen LogP contribution in [0.2, 0.25) is 0 Å². The number of hydrogen-bond acceptors (Lipinski definition) is 5. The van der Waals surface area contributed by atoms with Crippen molar-refractivity contribution in [3.63, 3.8) is 0 Å². The SMILES string of the molecule is CC(C)(C)OC(=O)CSc1nnc(C2CC2)n1Cc1ccccc1. The van der Waals surface area contributed by atoms with Gasteiger partial charge in [0.25, 0.3) is 0 Å². The van der Waals surface area contributed by atoms with Gasteiger partial charge in [-0.2, -0.15) is 0 Å². The number of carbonyl (C=O) groups is 1. The number of esters is 1. The second-order valence-corrected chi connectivity index (χ2v) is 8.00. The van der Waals surface area contributed by atoms with Crippen molar-refractivity contribution in [1.82, 2.24) is 14.8 Å². The maximum atomic E-state index is 12.0. The molecular formula is C18H23N3O2S. The molecule has 0 atom stereocenters. The molecule has 0 amide bonds. The number of rotatable bonds is 6. The molecule has 6 heteroatoms. The van der Waals surface area contributed by atoms with Crippen LogP contribution in [0.5, 0.6) is 0 Å². The third-order valence-corrected chi connectivity index (χ3v) is 4.55. The van der Waals surface area contributed by atoms with E-state index in [1.807, 2.05) is 39.0 Å². The van der Waals surface area contributed by atoms with Crippen LogP contribution in [0.3, 0.4) is 0 Å². The monoisotopic (exact) mass is 345 g/mol. The van der Waals surface area contributed by atoms with Crippen LogP contribution >= 0.6 is 11.8 Å². The van der Waals surface area contributed by atoms with Crippen LogP contribution in [0, 0.1) is 0 Å². The zero-order chi connectivity index (χ0) is 17.2.